The lowest BCUT2D eigenvalue weighted by atomic mass is 9.98. The fourth-order valence-corrected chi connectivity index (χ4v) is 3.52. The maximum absolute atomic E-state index is 3.48. The molecule has 0 radical (unpaired) electrons. The van der Waals surface area contributed by atoms with E-state index in [0.717, 1.165) is 16.6 Å². The Balaban J connectivity index is 2.04. The molecule has 0 spiro atoms. The van der Waals surface area contributed by atoms with Gasteiger partial charge in [0.05, 0.1) is 0 Å². The molecule has 2 aromatic carbocycles. The average Bonchev–Trinajstić information content (AvgIpc) is 2.52. The summed E-state index contributed by atoms with van der Waals surface area (Å²) in [6.07, 6.45) is 4.91. The SMILES string of the molecule is CCCCc1cc(CSc2ccc(Br)cc2)ccc1CC. The van der Waals surface area contributed by atoms with E-state index >= 15 is 0 Å². The molecular weight excluding hydrogens is 340 g/mol. The predicted molar refractivity (Wildman–Crippen MR) is 98.1 cm³/mol. The summed E-state index contributed by atoms with van der Waals surface area (Å²) >= 11 is 5.39. The Bertz CT molecular complexity index is 560. The van der Waals surface area contributed by atoms with E-state index in [4.69, 9.17) is 0 Å². The zero-order valence-corrected chi connectivity index (χ0v) is 15.3. The first-order chi connectivity index (χ1) is 10.2. The van der Waals surface area contributed by atoms with Gasteiger partial charge in [-0.25, -0.2) is 0 Å². The van der Waals surface area contributed by atoms with Crippen LogP contribution < -0.4 is 0 Å². The number of hydrogen-bond donors (Lipinski definition) is 0. The number of hydrogen-bond acceptors (Lipinski definition) is 1. The molecule has 0 atom stereocenters. The Hall–Kier alpha value is -0.730. The molecule has 0 heterocycles. The first kappa shape index (κ1) is 16.6. The summed E-state index contributed by atoms with van der Waals surface area (Å²) in [4.78, 5) is 1.33. The third-order valence-corrected chi connectivity index (χ3v) is 5.28. The number of rotatable bonds is 7. The molecule has 0 aliphatic heterocycles. The van der Waals surface area contributed by atoms with Crippen LogP contribution in [0.5, 0.6) is 0 Å². The molecular formula is C19H23BrS. The summed E-state index contributed by atoms with van der Waals surface area (Å²) in [5.41, 5.74) is 4.50. The number of unbranched alkanes of at least 4 members (excludes halogenated alkanes) is 1. The van der Waals surface area contributed by atoms with E-state index in [1.54, 1.807) is 5.56 Å². The fourth-order valence-electron chi connectivity index (χ4n) is 2.41. The quantitative estimate of drug-likeness (QED) is 0.497. The highest BCUT2D eigenvalue weighted by atomic mass is 79.9. The van der Waals surface area contributed by atoms with Gasteiger partial charge in [0.25, 0.3) is 0 Å². The Morgan fingerprint density at radius 3 is 2.38 bits per heavy atom. The molecule has 0 saturated carbocycles. The maximum atomic E-state index is 3.48. The minimum atomic E-state index is 1.05. The number of thioether (sulfide) groups is 1. The van der Waals surface area contributed by atoms with Crippen molar-refractivity contribution in [2.75, 3.05) is 0 Å². The lowest BCUT2D eigenvalue weighted by Gasteiger charge is -2.10. The van der Waals surface area contributed by atoms with Crippen molar-refractivity contribution in [2.24, 2.45) is 0 Å². The van der Waals surface area contributed by atoms with Crippen LogP contribution in [0, 0.1) is 0 Å². The Morgan fingerprint density at radius 1 is 0.952 bits per heavy atom. The molecule has 0 saturated heterocycles. The maximum Gasteiger partial charge on any atom is 0.0232 e. The van der Waals surface area contributed by atoms with Gasteiger partial charge in [0.1, 0.15) is 0 Å². The van der Waals surface area contributed by atoms with Crippen molar-refractivity contribution in [3.05, 3.63) is 63.6 Å². The van der Waals surface area contributed by atoms with Gasteiger partial charge in [-0.3, -0.25) is 0 Å². The van der Waals surface area contributed by atoms with Crippen molar-refractivity contribution < 1.29 is 0 Å². The van der Waals surface area contributed by atoms with Crippen LogP contribution in [0.1, 0.15) is 43.4 Å². The second kappa shape index (κ2) is 8.65. The van der Waals surface area contributed by atoms with Crippen LogP contribution in [0.2, 0.25) is 0 Å². The third-order valence-electron chi connectivity index (χ3n) is 3.67. The van der Waals surface area contributed by atoms with Crippen molar-refractivity contribution in [2.45, 2.75) is 50.2 Å². The average molecular weight is 363 g/mol. The normalized spacial score (nSPS) is 10.8. The Kier molecular flexibility index (Phi) is 6.85. The molecule has 21 heavy (non-hydrogen) atoms. The van der Waals surface area contributed by atoms with Gasteiger partial charge in [0, 0.05) is 15.1 Å². The summed E-state index contributed by atoms with van der Waals surface area (Å²) in [5, 5.41) is 0. The molecule has 0 nitrogen and oxygen atoms in total. The second-order valence-corrected chi connectivity index (χ2v) is 7.27. The minimum Gasteiger partial charge on any atom is -0.121 e. The number of aryl methyl sites for hydroxylation is 2. The monoisotopic (exact) mass is 362 g/mol. The molecule has 2 rings (SSSR count). The molecule has 0 N–H and O–H groups in total. The molecule has 0 aliphatic rings. The summed E-state index contributed by atoms with van der Waals surface area (Å²) in [5.74, 6) is 1.05. The summed E-state index contributed by atoms with van der Waals surface area (Å²) < 4.78 is 1.14. The zero-order valence-electron chi connectivity index (χ0n) is 12.9. The van der Waals surface area contributed by atoms with E-state index < -0.39 is 0 Å². The van der Waals surface area contributed by atoms with Crippen LogP contribution in [-0.2, 0) is 18.6 Å². The zero-order chi connectivity index (χ0) is 15.1. The van der Waals surface area contributed by atoms with Gasteiger partial charge in [-0.1, -0.05) is 54.4 Å². The van der Waals surface area contributed by atoms with Gasteiger partial charge in [-0.2, -0.15) is 0 Å². The summed E-state index contributed by atoms with van der Waals surface area (Å²) in [6, 6.07) is 15.6. The van der Waals surface area contributed by atoms with Crippen molar-refractivity contribution in [1.82, 2.24) is 0 Å². The largest absolute Gasteiger partial charge is 0.121 e. The van der Waals surface area contributed by atoms with Crippen LogP contribution in [0.25, 0.3) is 0 Å². The van der Waals surface area contributed by atoms with Gasteiger partial charge >= 0.3 is 0 Å². The van der Waals surface area contributed by atoms with E-state index in [9.17, 15) is 0 Å². The van der Waals surface area contributed by atoms with Crippen LogP contribution in [0.3, 0.4) is 0 Å². The summed E-state index contributed by atoms with van der Waals surface area (Å²) in [7, 11) is 0. The van der Waals surface area contributed by atoms with Gasteiger partial charge in [0.15, 0.2) is 0 Å². The van der Waals surface area contributed by atoms with Gasteiger partial charge < -0.3 is 0 Å². The fraction of sp³-hybridized carbons (Fsp3) is 0.368. The highest BCUT2D eigenvalue weighted by Gasteiger charge is 2.03. The molecule has 0 bridgehead atoms. The molecule has 0 aliphatic carbocycles. The highest BCUT2D eigenvalue weighted by Crippen LogP contribution is 2.26. The third kappa shape index (κ3) is 5.19. The number of benzene rings is 2. The second-order valence-electron chi connectivity index (χ2n) is 5.30. The van der Waals surface area contributed by atoms with Crippen molar-refractivity contribution in [3.63, 3.8) is 0 Å². The van der Waals surface area contributed by atoms with Crippen LogP contribution in [-0.4, -0.2) is 0 Å². The molecule has 0 aromatic heterocycles. The lowest BCUT2D eigenvalue weighted by Crippen LogP contribution is -1.95. The van der Waals surface area contributed by atoms with Crippen molar-refractivity contribution >= 4 is 27.7 Å². The smallest absolute Gasteiger partial charge is 0.0232 e. The molecule has 0 amide bonds. The summed E-state index contributed by atoms with van der Waals surface area (Å²) in [6.45, 7) is 4.51. The van der Waals surface area contributed by atoms with E-state index in [2.05, 4.69) is 72.2 Å². The van der Waals surface area contributed by atoms with Crippen LogP contribution in [0.15, 0.2) is 51.8 Å². The topological polar surface area (TPSA) is 0 Å². The molecule has 2 heteroatoms. The molecule has 2 aromatic rings. The van der Waals surface area contributed by atoms with Gasteiger partial charge in [-0.05, 0) is 60.2 Å². The molecule has 0 fully saturated rings. The van der Waals surface area contributed by atoms with Crippen molar-refractivity contribution in [1.29, 1.82) is 0 Å². The van der Waals surface area contributed by atoms with E-state index in [0.29, 0.717) is 0 Å². The first-order valence-electron chi connectivity index (χ1n) is 7.72. The van der Waals surface area contributed by atoms with E-state index in [1.165, 1.54) is 35.3 Å². The van der Waals surface area contributed by atoms with Crippen molar-refractivity contribution in [3.8, 4) is 0 Å². The van der Waals surface area contributed by atoms with Crippen LogP contribution >= 0.6 is 27.7 Å². The van der Waals surface area contributed by atoms with Crippen LogP contribution in [0.4, 0.5) is 0 Å². The molecule has 0 unspecified atom stereocenters. The first-order valence-corrected chi connectivity index (χ1v) is 9.49. The lowest BCUT2D eigenvalue weighted by molar-refractivity contribution is 0.786. The van der Waals surface area contributed by atoms with Gasteiger partial charge in [-0.15, -0.1) is 11.8 Å². The minimum absolute atomic E-state index is 1.05. The Labute approximate surface area is 141 Å². The molecule has 112 valence electrons. The van der Waals surface area contributed by atoms with E-state index in [-0.39, 0.29) is 0 Å². The number of halogens is 1. The van der Waals surface area contributed by atoms with Gasteiger partial charge in [0.2, 0.25) is 0 Å². The highest BCUT2D eigenvalue weighted by molar-refractivity contribution is 9.10. The standard InChI is InChI=1S/C19H23BrS/c1-3-5-6-17-13-15(7-8-16(17)4-2)14-21-19-11-9-18(20)10-12-19/h7-13H,3-6,14H2,1-2H3. The predicted octanol–water partition coefficient (Wildman–Crippen LogP) is 6.65. The van der Waals surface area contributed by atoms with E-state index in [1.807, 2.05) is 11.8 Å². The Morgan fingerprint density at radius 2 is 1.71 bits per heavy atom.